The minimum absolute atomic E-state index is 0.123. The first kappa shape index (κ1) is 11.3. The summed E-state index contributed by atoms with van der Waals surface area (Å²) in [5, 5.41) is 0. The van der Waals surface area contributed by atoms with Crippen LogP contribution in [0.25, 0.3) is 0 Å². The van der Waals surface area contributed by atoms with Crippen molar-refractivity contribution in [2.75, 3.05) is 6.61 Å². The van der Waals surface area contributed by atoms with E-state index in [1.54, 1.807) is 23.5 Å². The van der Waals surface area contributed by atoms with E-state index in [1.807, 2.05) is 6.92 Å². The Labute approximate surface area is 85.8 Å². The van der Waals surface area contributed by atoms with Gasteiger partial charge in [0.15, 0.2) is 0 Å². The molecule has 1 aromatic rings. The summed E-state index contributed by atoms with van der Waals surface area (Å²) in [5.74, 6) is -0.123. The second kappa shape index (κ2) is 4.61. The molecule has 14 heavy (non-hydrogen) atoms. The minimum Gasteiger partial charge on any atom is -0.386 e. The molecule has 1 rings (SSSR count). The van der Waals surface area contributed by atoms with E-state index in [4.69, 9.17) is 9.57 Å². The average Bonchev–Trinajstić information content (AvgIpc) is 2.54. The zero-order valence-electron chi connectivity index (χ0n) is 9.23. The lowest BCUT2D eigenvalue weighted by atomic mass is 10.9. The van der Waals surface area contributed by atoms with Crippen molar-refractivity contribution in [3.05, 3.63) is 18.7 Å². The molecule has 0 amide bonds. The maximum Gasteiger partial charge on any atom is 0.204 e. The Morgan fingerprint density at radius 3 is 2.57 bits per heavy atom. The third-order valence-electron chi connectivity index (χ3n) is 1.72. The van der Waals surface area contributed by atoms with E-state index in [0.717, 1.165) is 0 Å². The van der Waals surface area contributed by atoms with E-state index >= 15 is 0 Å². The van der Waals surface area contributed by atoms with Gasteiger partial charge in [-0.25, -0.2) is 4.98 Å². The molecule has 80 valence electrons. The number of hydrogen-bond acceptors (Lipinski definition) is 3. The van der Waals surface area contributed by atoms with Crippen molar-refractivity contribution in [3.8, 4) is 0 Å². The molecule has 4 nitrogen and oxygen atoms in total. The Kier molecular flexibility index (Phi) is 3.71. The summed E-state index contributed by atoms with van der Waals surface area (Å²) in [6, 6.07) is 0. The monoisotopic (exact) mass is 214 g/mol. The molecule has 1 heterocycles. The number of nitrogens with zero attached hydrogens (tertiary/aromatic N) is 2. The van der Waals surface area contributed by atoms with E-state index in [2.05, 4.69) is 24.6 Å². The molecule has 1 unspecified atom stereocenters. The molecular weight excluding hydrogens is 196 g/mol. The van der Waals surface area contributed by atoms with Crippen molar-refractivity contribution in [3.63, 3.8) is 0 Å². The predicted octanol–water partition coefficient (Wildman–Crippen LogP) is 1.55. The fourth-order valence-corrected chi connectivity index (χ4v) is 2.11. The van der Waals surface area contributed by atoms with Crippen LogP contribution in [0.1, 0.15) is 6.92 Å². The molecule has 0 aliphatic heterocycles. The summed E-state index contributed by atoms with van der Waals surface area (Å²) in [7, 11) is -1.46. The van der Waals surface area contributed by atoms with Gasteiger partial charge in [-0.3, -0.25) is 0 Å². The van der Waals surface area contributed by atoms with Crippen molar-refractivity contribution in [2.24, 2.45) is 0 Å². The fourth-order valence-electron chi connectivity index (χ4n) is 1.01. The van der Waals surface area contributed by atoms with Gasteiger partial charge in [-0.1, -0.05) is 19.6 Å². The molecule has 0 saturated heterocycles. The van der Waals surface area contributed by atoms with Crippen molar-refractivity contribution in [2.45, 2.75) is 32.5 Å². The predicted molar refractivity (Wildman–Crippen MR) is 57.6 cm³/mol. The van der Waals surface area contributed by atoms with Crippen molar-refractivity contribution in [1.82, 2.24) is 9.71 Å². The first-order chi connectivity index (χ1) is 6.54. The van der Waals surface area contributed by atoms with Crippen molar-refractivity contribution in [1.29, 1.82) is 0 Å². The molecule has 0 N–H and O–H groups in total. The van der Waals surface area contributed by atoms with Crippen LogP contribution in [0.4, 0.5) is 0 Å². The van der Waals surface area contributed by atoms with Crippen molar-refractivity contribution < 1.29 is 9.57 Å². The SMILES string of the molecule is CCOC(On1ccnc1)[Si](C)(C)C. The topological polar surface area (TPSA) is 36.3 Å². The van der Waals surface area contributed by atoms with E-state index < -0.39 is 8.07 Å². The number of imidazole rings is 1. The van der Waals surface area contributed by atoms with Crippen LogP contribution in [0, 0.1) is 0 Å². The second-order valence-electron chi connectivity index (χ2n) is 4.18. The average molecular weight is 214 g/mol. The molecule has 0 aliphatic rings. The largest absolute Gasteiger partial charge is 0.386 e. The third-order valence-corrected chi connectivity index (χ3v) is 3.41. The normalized spacial score (nSPS) is 14.0. The molecule has 0 aromatic carbocycles. The van der Waals surface area contributed by atoms with Crippen LogP contribution in [-0.4, -0.2) is 30.3 Å². The molecule has 5 heteroatoms. The Hall–Kier alpha value is -0.813. The van der Waals surface area contributed by atoms with Crippen LogP contribution in [0.5, 0.6) is 0 Å². The fraction of sp³-hybridized carbons (Fsp3) is 0.667. The highest BCUT2D eigenvalue weighted by Crippen LogP contribution is 2.10. The summed E-state index contributed by atoms with van der Waals surface area (Å²) in [4.78, 5) is 9.57. The van der Waals surface area contributed by atoms with Crippen LogP contribution in [0.2, 0.25) is 19.6 Å². The molecule has 1 atom stereocenters. The highest BCUT2D eigenvalue weighted by molar-refractivity contribution is 6.77. The standard InChI is InChI=1S/C9H18N2O2Si/c1-5-12-9(14(2,3)4)13-11-7-6-10-8-11/h6-9H,5H2,1-4H3. The molecule has 1 aromatic heterocycles. The van der Waals surface area contributed by atoms with E-state index in [1.165, 1.54) is 0 Å². The van der Waals surface area contributed by atoms with Gasteiger partial charge in [0.2, 0.25) is 5.91 Å². The molecule has 0 saturated carbocycles. The molecule has 0 spiro atoms. The molecule has 0 bridgehead atoms. The van der Waals surface area contributed by atoms with Crippen LogP contribution in [-0.2, 0) is 4.74 Å². The van der Waals surface area contributed by atoms with Gasteiger partial charge in [0.1, 0.15) is 14.4 Å². The van der Waals surface area contributed by atoms with E-state index in [-0.39, 0.29) is 5.91 Å². The maximum absolute atomic E-state index is 5.65. The molecule has 0 radical (unpaired) electrons. The molecule has 0 fully saturated rings. The van der Waals surface area contributed by atoms with Gasteiger partial charge in [0.25, 0.3) is 0 Å². The van der Waals surface area contributed by atoms with Gasteiger partial charge in [-0.2, -0.15) is 4.73 Å². The summed E-state index contributed by atoms with van der Waals surface area (Å²) in [6.45, 7) is 9.28. The summed E-state index contributed by atoms with van der Waals surface area (Å²) in [5.41, 5.74) is 0. The van der Waals surface area contributed by atoms with Gasteiger partial charge in [-0.15, -0.1) is 0 Å². The zero-order chi connectivity index (χ0) is 10.6. The lowest BCUT2D eigenvalue weighted by molar-refractivity contribution is -0.0966. The Bertz CT molecular complexity index is 256. The highest BCUT2D eigenvalue weighted by atomic mass is 28.3. The van der Waals surface area contributed by atoms with Crippen LogP contribution < -0.4 is 4.84 Å². The Morgan fingerprint density at radius 1 is 1.43 bits per heavy atom. The summed E-state index contributed by atoms with van der Waals surface area (Å²) < 4.78 is 7.17. The third kappa shape index (κ3) is 3.15. The summed E-state index contributed by atoms with van der Waals surface area (Å²) >= 11 is 0. The number of hydrogen-bond donors (Lipinski definition) is 0. The Morgan fingerprint density at radius 2 is 2.14 bits per heavy atom. The lowest BCUT2D eigenvalue weighted by Crippen LogP contribution is -2.47. The quantitative estimate of drug-likeness (QED) is 0.551. The van der Waals surface area contributed by atoms with E-state index in [0.29, 0.717) is 6.61 Å². The van der Waals surface area contributed by atoms with Gasteiger partial charge >= 0.3 is 0 Å². The lowest BCUT2D eigenvalue weighted by Gasteiger charge is -2.28. The number of aromatic nitrogens is 2. The number of ether oxygens (including phenoxy) is 1. The van der Waals surface area contributed by atoms with Crippen molar-refractivity contribution >= 4 is 8.07 Å². The van der Waals surface area contributed by atoms with E-state index in [9.17, 15) is 0 Å². The second-order valence-corrected chi connectivity index (χ2v) is 9.38. The van der Waals surface area contributed by atoms with Crippen LogP contribution >= 0.6 is 0 Å². The Balaban J connectivity index is 2.60. The summed E-state index contributed by atoms with van der Waals surface area (Å²) in [6.07, 6.45) is 5.09. The highest BCUT2D eigenvalue weighted by Gasteiger charge is 2.30. The van der Waals surface area contributed by atoms with Crippen LogP contribution in [0.15, 0.2) is 18.7 Å². The zero-order valence-corrected chi connectivity index (χ0v) is 10.2. The van der Waals surface area contributed by atoms with Crippen LogP contribution in [0.3, 0.4) is 0 Å². The van der Waals surface area contributed by atoms with Gasteiger partial charge in [-0.05, 0) is 6.92 Å². The molecular formula is C9H18N2O2Si. The van der Waals surface area contributed by atoms with Gasteiger partial charge < -0.3 is 9.57 Å². The first-order valence-electron chi connectivity index (χ1n) is 4.80. The first-order valence-corrected chi connectivity index (χ1v) is 8.38. The maximum atomic E-state index is 5.65. The van der Waals surface area contributed by atoms with Gasteiger partial charge in [0, 0.05) is 12.8 Å². The smallest absolute Gasteiger partial charge is 0.204 e. The molecule has 0 aliphatic carbocycles. The minimum atomic E-state index is -1.46. The van der Waals surface area contributed by atoms with Gasteiger partial charge in [0.05, 0.1) is 6.20 Å². The number of rotatable bonds is 5.